The molecular formula is C9H16O. The molecule has 0 aliphatic carbocycles. The van der Waals surface area contributed by atoms with E-state index in [1.54, 1.807) is 6.92 Å². The molecule has 0 aromatic carbocycles. The van der Waals surface area contributed by atoms with Crippen molar-refractivity contribution in [2.75, 3.05) is 0 Å². The van der Waals surface area contributed by atoms with Gasteiger partial charge < -0.3 is 5.11 Å². The lowest BCUT2D eigenvalue weighted by atomic mass is 9.86. The third kappa shape index (κ3) is 2.41. The Hall–Kier alpha value is -0.480. The van der Waals surface area contributed by atoms with Crippen molar-refractivity contribution in [2.45, 2.75) is 39.2 Å². The minimum absolute atomic E-state index is 0.281. The second-order valence-corrected chi connectivity index (χ2v) is 3.05. The van der Waals surface area contributed by atoms with Gasteiger partial charge in [-0.25, -0.2) is 0 Å². The predicted octanol–water partition coefficient (Wildman–Crippen LogP) is 1.81. The summed E-state index contributed by atoms with van der Waals surface area (Å²) in [6.45, 7) is 5.86. The van der Waals surface area contributed by atoms with Gasteiger partial charge in [0.1, 0.15) is 0 Å². The van der Waals surface area contributed by atoms with E-state index in [4.69, 9.17) is 6.42 Å². The Labute approximate surface area is 63.5 Å². The molecule has 0 heterocycles. The summed E-state index contributed by atoms with van der Waals surface area (Å²) in [6, 6.07) is 0. The highest BCUT2D eigenvalue weighted by atomic mass is 16.3. The third-order valence-corrected chi connectivity index (χ3v) is 2.13. The second-order valence-electron chi connectivity index (χ2n) is 3.05. The minimum atomic E-state index is -0.677. The van der Waals surface area contributed by atoms with Gasteiger partial charge in [-0.05, 0) is 12.8 Å². The maximum absolute atomic E-state index is 9.64. The number of terminal acetylenes is 1. The molecule has 58 valence electrons. The van der Waals surface area contributed by atoms with Crippen molar-refractivity contribution in [3.63, 3.8) is 0 Å². The van der Waals surface area contributed by atoms with Crippen LogP contribution in [0.2, 0.25) is 0 Å². The van der Waals surface area contributed by atoms with Crippen molar-refractivity contribution in [3.05, 3.63) is 0 Å². The van der Waals surface area contributed by atoms with Gasteiger partial charge in [0.25, 0.3) is 0 Å². The molecule has 0 saturated carbocycles. The van der Waals surface area contributed by atoms with E-state index in [2.05, 4.69) is 12.8 Å². The molecule has 0 radical (unpaired) electrons. The number of rotatable bonds is 3. The molecule has 1 N–H and O–H groups in total. The molecule has 0 spiro atoms. The van der Waals surface area contributed by atoms with Gasteiger partial charge in [0.15, 0.2) is 0 Å². The Kier molecular flexibility index (Phi) is 3.46. The Morgan fingerprint density at radius 3 is 2.50 bits per heavy atom. The Balaban J connectivity index is 3.98. The fraction of sp³-hybridized carbons (Fsp3) is 0.778. The van der Waals surface area contributed by atoms with Crippen LogP contribution in [-0.4, -0.2) is 10.7 Å². The topological polar surface area (TPSA) is 20.2 Å². The maximum Gasteiger partial charge on any atom is 0.0753 e. The zero-order chi connectivity index (χ0) is 8.20. The van der Waals surface area contributed by atoms with Gasteiger partial charge in [0, 0.05) is 6.42 Å². The van der Waals surface area contributed by atoms with Crippen LogP contribution in [0.5, 0.6) is 0 Å². The number of hydrogen-bond donors (Lipinski definition) is 1. The molecule has 0 amide bonds. The first-order valence-electron chi connectivity index (χ1n) is 3.70. The Morgan fingerprint density at radius 1 is 1.70 bits per heavy atom. The molecule has 0 aliphatic rings. The molecule has 0 fully saturated rings. The average Bonchev–Trinajstić information content (AvgIpc) is 1.86. The normalized spacial score (nSPS) is 19.1. The second kappa shape index (κ2) is 3.63. The van der Waals surface area contributed by atoms with Crippen LogP contribution in [0.15, 0.2) is 0 Å². The molecule has 1 heteroatoms. The smallest absolute Gasteiger partial charge is 0.0753 e. The molecule has 0 aliphatic heterocycles. The lowest BCUT2D eigenvalue weighted by Gasteiger charge is -2.27. The summed E-state index contributed by atoms with van der Waals surface area (Å²) in [5.74, 6) is 2.75. The van der Waals surface area contributed by atoms with Crippen molar-refractivity contribution in [2.24, 2.45) is 5.92 Å². The van der Waals surface area contributed by atoms with Gasteiger partial charge in [0.05, 0.1) is 5.60 Å². The molecular weight excluding hydrogens is 124 g/mol. The molecule has 0 saturated heterocycles. The van der Waals surface area contributed by atoms with Crippen LogP contribution in [0.3, 0.4) is 0 Å². The largest absolute Gasteiger partial charge is 0.389 e. The summed E-state index contributed by atoms with van der Waals surface area (Å²) < 4.78 is 0. The van der Waals surface area contributed by atoms with E-state index in [0.29, 0.717) is 6.42 Å². The summed E-state index contributed by atoms with van der Waals surface area (Å²) in [7, 11) is 0. The van der Waals surface area contributed by atoms with Crippen LogP contribution in [0.1, 0.15) is 33.6 Å². The first kappa shape index (κ1) is 9.52. The van der Waals surface area contributed by atoms with Crippen LogP contribution in [-0.2, 0) is 0 Å². The number of aliphatic hydroxyl groups is 1. The molecule has 2 atom stereocenters. The molecule has 0 bridgehead atoms. The van der Waals surface area contributed by atoms with Crippen LogP contribution >= 0.6 is 0 Å². The summed E-state index contributed by atoms with van der Waals surface area (Å²) in [4.78, 5) is 0. The lowest BCUT2D eigenvalue weighted by molar-refractivity contribution is 0.00972. The summed E-state index contributed by atoms with van der Waals surface area (Å²) in [5, 5.41) is 9.64. The van der Waals surface area contributed by atoms with E-state index in [1.165, 1.54) is 0 Å². The van der Waals surface area contributed by atoms with Crippen molar-refractivity contribution < 1.29 is 5.11 Å². The summed E-state index contributed by atoms with van der Waals surface area (Å²) >= 11 is 0. The van der Waals surface area contributed by atoms with Gasteiger partial charge in [-0.2, -0.15) is 0 Å². The van der Waals surface area contributed by atoms with Crippen molar-refractivity contribution in [3.8, 4) is 12.3 Å². The molecule has 0 aromatic heterocycles. The zero-order valence-electron chi connectivity index (χ0n) is 7.02. The first-order chi connectivity index (χ1) is 4.54. The third-order valence-electron chi connectivity index (χ3n) is 2.13. The summed E-state index contributed by atoms with van der Waals surface area (Å²) in [6.07, 6.45) is 6.51. The predicted molar refractivity (Wildman–Crippen MR) is 43.5 cm³/mol. The monoisotopic (exact) mass is 140 g/mol. The van der Waals surface area contributed by atoms with Gasteiger partial charge in [-0.1, -0.05) is 20.3 Å². The van der Waals surface area contributed by atoms with E-state index in [0.717, 1.165) is 6.42 Å². The van der Waals surface area contributed by atoms with Gasteiger partial charge in [0.2, 0.25) is 0 Å². The van der Waals surface area contributed by atoms with E-state index >= 15 is 0 Å². The fourth-order valence-corrected chi connectivity index (χ4v) is 0.821. The van der Waals surface area contributed by atoms with Crippen molar-refractivity contribution in [1.29, 1.82) is 0 Å². The van der Waals surface area contributed by atoms with Crippen molar-refractivity contribution >= 4 is 0 Å². The molecule has 10 heavy (non-hydrogen) atoms. The van der Waals surface area contributed by atoms with E-state index < -0.39 is 5.60 Å². The average molecular weight is 140 g/mol. The zero-order valence-corrected chi connectivity index (χ0v) is 7.02. The highest BCUT2D eigenvalue weighted by Gasteiger charge is 2.25. The molecule has 0 unspecified atom stereocenters. The van der Waals surface area contributed by atoms with Crippen LogP contribution < -0.4 is 0 Å². The van der Waals surface area contributed by atoms with E-state index in [1.807, 2.05) is 6.92 Å². The fourth-order valence-electron chi connectivity index (χ4n) is 0.821. The minimum Gasteiger partial charge on any atom is -0.389 e. The number of hydrogen-bond acceptors (Lipinski definition) is 1. The first-order valence-corrected chi connectivity index (χ1v) is 3.70. The highest BCUT2D eigenvalue weighted by Crippen LogP contribution is 2.22. The van der Waals surface area contributed by atoms with Gasteiger partial charge in [-0.15, -0.1) is 12.3 Å². The maximum atomic E-state index is 9.64. The Morgan fingerprint density at radius 2 is 2.20 bits per heavy atom. The van der Waals surface area contributed by atoms with Crippen molar-refractivity contribution in [1.82, 2.24) is 0 Å². The van der Waals surface area contributed by atoms with E-state index in [9.17, 15) is 5.11 Å². The Bertz CT molecular complexity index is 130. The summed E-state index contributed by atoms with van der Waals surface area (Å²) in [5.41, 5.74) is -0.677. The standard InChI is InChI=1S/C9H16O/c1-5-7-9(4,10)8(3)6-2/h1,8,10H,6-7H2,2-4H3/t8-,9+/m1/s1. The van der Waals surface area contributed by atoms with Gasteiger partial charge in [-0.3, -0.25) is 0 Å². The molecule has 1 nitrogen and oxygen atoms in total. The van der Waals surface area contributed by atoms with Gasteiger partial charge >= 0.3 is 0 Å². The SMILES string of the molecule is C#CC[C@](C)(O)[C@H](C)CC. The molecule has 0 rings (SSSR count). The van der Waals surface area contributed by atoms with Crippen LogP contribution in [0, 0.1) is 18.3 Å². The lowest BCUT2D eigenvalue weighted by Crippen LogP contribution is -2.31. The molecule has 0 aromatic rings. The van der Waals surface area contributed by atoms with Crippen LogP contribution in [0.25, 0.3) is 0 Å². The highest BCUT2D eigenvalue weighted by molar-refractivity contribution is 4.94. The van der Waals surface area contributed by atoms with Crippen LogP contribution in [0.4, 0.5) is 0 Å². The van der Waals surface area contributed by atoms with E-state index in [-0.39, 0.29) is 5.92 Å². The quantitative estimate of drug-likeness (QED) is 0.593.